The number of hydrogen-bond acceptors (Lipinski definition) is 6. The van der Waals surface area contributed by atoms with E-state index < -0.39 is 22.6 Å². The van der Waals surface area contributed by atoms with Crippen molar-refractivity contribution in [2.45, 2.75) is 84.7 Å². The van der Waals surface area contributed by atoms with E-state index in [-0.39, 0.29) is 15.9 Å². The molecule has 1 unspecified atom stereocenters. The molecule has 2 rings (SSSR count). The Morgan fingerprint density at radius 1 is 0.725 bits per heavy atom. The maximum absolute atomic E-state index is 13.0. The van der Waals surface area contributed by atoms with Crippen molar-refractivity contribution >= 4 is 34.3 Å². The molecule has 2 aromatic carbocycles. The Hall–Kier alpha value is -2.85. The van der Waals surface area contributed by atoms with E-state index in [1.807, 2.05) is 36.4 Å². The zero-order valence-corrected chi connectivity index (χ0v) is 28.6. The molecule has 40 heavy (non-hydrogen) atoms. The van der Waals surface area contributed by atoms with E-state index in [1.54, 1.807) is 21.1 Å². The van der Waals surface area contributed by atoms with E-state index >= 15 is 0 Å². The Labute approximate surface area is 243 Å². The number of aldehydes is 1. The lowest BCUT2D eigenvalue weighted by atomic mass is 9.94. The summed E-state index contributed by atoms with van der Waals surface area (Å²) in [7, 11) is -1.01. The number of rotatable bonds is 11. The maximum Gasteiger partial charge on any atom is 0.250 e. The highest BCUT2D eigenvalue weighted by Crippen LogP contribution is 2.43. The molecule has 0 N–H and O–H groups in total. The summed E-state index contributed by atoms with van der Waals surface area (Å²) in [6.07, 6.45) is 2.18. The van der Waals surface area contributed by atoms with Gasteiger partial charge in [-0.3, -0.25) is 4.79 Å². The molecule has 0 saturated carbocycles. The van der Waals surface area contributed by atoms with Crippen molar-refractivity contribution in [1.29, 1.82) is 0 Å². The van der Waals surface area contributed by atoms with Gasteiger partial charge in [-0.25, -0.2) is 0 Å². The SMILES string of the molecule is COc1cc(C(=CC(=O)C(C)C=O)c2ccc(O[Si](C)(C)C(C)(C)C)c(OC)c2)ccc1O[Si](C)(C)C(C)(C)C. The molecule has 0 spiro atoms. The summed E-state index contributed by atoms with van der Waals surface area (Å²) in [5.41, 5.74) is 2.16. The average molecular weight is 585 g/mol. The molecule has 0 amide bonds. The second-order valence-electron chi connectivity index (χ2n) is 13.3. The Kier molecular flexibility index (Phi) is 10.3. The van der Waals surface area contributed by atoms with Gasteiger partial charge >= 0.3 is 0 Å². The van der Waals surface area contributed by atoms with Gasteiger partial charge in [-0.2, -0.15) is 0 Å². The average Bonchev–Trinajstić information content (AvgIpc) is 2.85. The lowest BCUT2D eigenvalue weighted by molar-refractivity contribution is -0.123. The molecule has 0 saturated heterocycles. The van der Waals surface area contributed by atoms with Gasteiger partial charge in [0.15, 0.2) is 17.3 Å². The second-order valence-corrected chi connectivity index (χ2v) is 22.8. The third-order valence-corrected chi connectivity index (χ3v) is 16.9. The van der Waals surface area contributed by atoms with Gasteiger partial charge < -0.3 is 23.1 Å². The molecule has 220 valence electrons. The number of ether oxygens (including phenoxy) is 2. The maximum atomic E-state index is 13.0. The van der Waals surface area contributed by atoms with Crippen molar-refractivity contribution in [3.05, 3.63) is 53.6 Å². The molecular weight excluding hydrogens is 537 g/mol. The van der Waals surface area contributed by atoms with Crippen LogP contribution in [0, 0.1) is 5.92 Å². The predicted molar refractivity (Wildman–Crippen MR) is 169 cm³/mol. The Balaban J connectivity index is 2.67. The van der Waals surface area contributed by atoms with Crippen LogP contribution in [-0.4, -0.2) is 42.9 Å². The summed E-state index contributed by atoms with van der Waals surface area (Å²) < 4.78 is 24.6. The Morgan fingerprint density at radius 2 is 1.10 bits per heavy atom. The third kappa shape index (κ3) is 7.66. The normalized spacial score (nSPS) is 13.2. The number of hydrogen-bond donors (Lipinski definition) is 0. The van der Waals surface area contributed by atoms with Gasteiger partial charge in [-0.1, -0.05) is 53.7 Å². The number of ketones is 1. The topological polar surface area (TPSA) is 71.1 Å². The van der Waals surface area contributed by atoms with Gasteiger partial charge in [-0.15, -0.1) is 0 Å². The molecule has 0 heterocycles. The lowest BCUT2D eigenvalue weighted by Crippen LogP contribution is -2.43. The summed E-state index contributed by atoms with van der Waals surface area (Å²) >= 11 is 0. The van der Waals surface area contributed by atoms with Crippen molar-refractivity contribution in [1.82, 2.24) is 0 Å². The number of allylic oxidation sites excluding steroid dienone is 1. The minimum atomic E-state index is -2.11. The smallest absolute Gasteiger partial charge is 0.250 e. The number of benzene rings is 2. The minimum Gasteiger partial charge on any atom is -0.541 e. The fraction of sp³-hybridized carbons (Fsp3) is 0.500. The highest BCUT2D eigenvalue weighted by Gasteiger charge is 2.40. The molecule has 0 aromatic heterocycles. The van der Waals surface area contributed by atoms with E-state index in [4.69, 9.17) is 18.3 Å². The lowest BCUT2D eigenvalue weighted by Gasteiger charge is -2.37. The van der Waals surface area contributed by atoms with Gasteiger partial charge in [0.05, 0.1) is 20.1 Å². The molecule has 0 aliphatic heterocycles. The molecule has 0 bridgehead atoms. The molecule has 2 aromatic rings. The second kappa shape index (κ2) is 12.3. The van der Waals surface area contributed by atoms with Crippen LogP contribution in [0.5, 0.6) is 23.0 Å². The highest BCUT2D eigenvalue weighted by molar-refractivity contribution is 6.75. The van der Waals surface area contributed by atoms with Gasteiger partial charge in [-0.05, 0) is 90.2 Å². The molecule has 0 radical (unpaired) electrons. The van der Waals surface area contributed by atoms with E-state index in [2.05, 4.69) is 67.7 Å². The van der Waals surface area contributed by atoms with E-state index in [0.29, 0.717) is 34.9 Å². The predicted octanol–water partition coefficient (Wildman–Crippen LogP) is 8.31. The summed E-state index contributed by atoms with van der Waals surface area (Å²) in [6, 6.07) is 11.4. The van der Waals surface area contributed by atoms with Crippen LogP contribution in [0.2, 0.25) is 36.3 Å². The molecule has 8 heteroatoms. The van der Waals surface area contributed by atoms with Crippen LogP contribution in [0.25, 0.3) is 5.57 Å². The van der Waals surface area contributed by atoms with Crippen LogP contribution in [0.3, 0.4) is 0 Å². The Morgan fingerprint density at radius 3 is 1.40 bits per heavy atom. The van der Waals surface area contributed by atoms with E-state index in [0.717, 1.165) is 11.1 Å². The van der Waals surface area contributed by atoms with Gasteiger partial charge in [0.1, 0.15) is 17.8 Å². The van der Waals surface area contributed by atoms with Crippen LogP contribution in [0.4, 0.5) is 0 Å². The van der Waals surface area contributed by atoms with Gasteiger partial charge in [0.2, 0.25) is 0 Å². The summed E-state index contributed by atoms with van der Waals surface area (Å²) in [4.78, 5) is 24.4. The molecule has 0 aliphatic carbocycles. The largest absolute Gasteiger partial charge is 0.541 e. The zero-order valence-electron chi connectivity index (χ0n) is 26.6. The number of methoxy groups -OCH3 is 2. The van der Waals surface area contributed by atoms with Crippen LogP contribution in [0.15, 0.2) is 42.5 Å². The van der Waals surface area contributed by atoms with Crippen molar-refractivity contribution in [3.8, 4) is 23.0 Å². The minimum absolute atomic E-state index is 0.0178. The highest BCUT2D eigenvalue weighted by atomic mass is 28.4. The summed E-state index contributed by atoms with van der Waals surface area (Å²) in [5.74, 6) is 1.44. The molecule has 0 fully saturated rings. The van der Waals surface area contributed by atoms with Gasteiger partial charge in [0, 0.05) is 0 Å². The quantitative estimate of drug-likeness (QED) is 0.114. The van der Waals surface area contributed by atoms with Crippen molar-refractivity contribution in [3.63, 3.8) is 0 Å². The zero-order chi connectivity index (χ0) is 30.7. The molecular formula is C32H48O6Si2. The fourth-order valence-corrected chi connectivity index (χ4v) is 5.42. The molecule has 0 aliphatic rings. The van der Waals surface area contributed by atoms with Crippen molar-refractivity contribution in [2.24, 2.45) is 5.92 Å². The van der Waals surface area contributed by atoms with Crippen LogP contribution >= 0.6 is 0 Å². The first-order chi connectivity index (χ1) is 18.3. The third-order valence-electron chi connectivity index (χ3n) is 8.23. The number of carbonyl (C=O) groups excluding carboxylic acids is 2. The van der Waals surface area contributed by atoms with Crippen LogP contribution in [-0.2, 0) is 9.59 Å². The fourth-order valence-electron chi connectivity index (χ4n) is 3.37. The van der Waals surface area contributed by atoms with E-state index in [1.165, 1.54) is 6.08 Å². The Bertz CT molecular complexity index is 1170. The van der Waals surface area contributed by atoms with Crippen molar-refractivity contribution < 1.29 is 27.9 Å². The monoisotopic (exact) mass is 584 g/mol. The van der Waals surface area contributed by atoms with Crippen molar-refractivity contribution in [2.75, 3.05) is 14.2 Å². The first kappa shape index (κ1) is 33.4. The molecule has 1 atom stereocenters. The molecule has 6 nitrogen and oxygen atoms in total. The number of carbonyl (C=O) groups is 2. The van der Waals surface area contributed by atoms with Crippen LogP contribution < -0.4 is 18.3 Å². The first-order valence-electron chi connectivity index (χ1n) is 13.7. The summed E-state index contributed by atoms with van der Waals surface area (Å²) in [5, 5.41) is 0.0355. The van der Waals surface area contributed by atoms with Gasteiger partial charge in [0.25, 0.3) is 16.6 Å². The standard InChI is InChI=1S/C32H48O6Si2/c1-22(21-33)26(34)20-25(23-14-16-27(29(18-23)35-8)37-39(10,11)31(2,3)4)24-15-17-28(30(19-24)36-9)38-40(12,13)32(5,6)7/h14-22H,1-13H3. The first-order valence-corrected chi connectivity index (χ1v) is 19.6. The summed E-state index contributed by atoms with van der Waals surface area (Å²) in [6.45, 7) is 23.5. The van der Waals surface area contributed by atoms with Crippen LogP contribution in [0.1, 0.15) is 59.6 Å². The van der Waals surface area contributed by atoms with E-state index in [9.17, 15) is 9.59 Å².